The number of carbonyl (C=O) groups excluding carboxylic acids is 2. The average Bonchev–Trinajstić information content (AvgIpc) is 2.60. The Labute approximate surface area is 134 Å². The summed E-state index contributed by atoms with van der Waals surface area (Å²) in [7, 11) is 0. The molecule has 1 aromatic heterocycles. The summed E-state index contributed by atoms with van der Waals surface area (Å²) < 4.78 is 5.67. The van der Waals surface area contributed by atoms with Gasteiger partial charge in [0.15, 0.2) is 0 Å². The number of nitrogens with one attached hydrogen (secondary N) is 2. The first kappa shape index (κ1) is 16.5. The number of aromatic nitrogens is 1. The monoisotopic (exact) mass is 313 g/mol. The Kier molecular flexibility index (Phi) is 5.68. The molecule has 120 valence electrons. The first-order valence-corrected chi connectivity index (χ1v) is 7.37. The minimum atomic E-state index is -0.415. The van der Waals surface area contributed by atoms with Crippen LogP contribution in [-0.4, -0.2) is 22.9 Å². The van der Waals surface area contributed by atoms with Gasteiger partial charge in [0.2, 0.25) is 0 Å². The zero-order chi connectivity index (χ0) is 16.7. The first-order chi connectivity index (χ1) is 11.1. The average molecular weight is 313 g/mol. The molecule has 2 amide bonds. The fraction of sp³-hybridized carbons (Fsp3) is 0.235. The molecule has 1 heterocycles. The van der Waals surface area contributed by atoms with E-state index in [9.17, 15) is 9.59 Å². The number of pyridine rings is 1. The quantitative estimate of drug-likeness (QED) is 0.830. The van der Waals surface area contributed by atoms with Crippen molar-refractivity contribution in [2.45, 2.75) is 26.4 Å². The van der Waals surface area contributed by atoms with E-state index in [1.165, 1.54) is 12.4 Å². The first-order valence-electron chi connectivity index (χ1n) is 7.37. The molecule has 2 aromatic rings. The number of hydrogen-bond acceptors (Lipinski definition) is 4. The van der Waals surface area contributed by atoms with Crippen LogP contribution in [0.5, 0.6) is 5.75 Å². The number of ether oxygens (including phenoxy) is 1. The molecule has 2 rings (SSSR count). The summed E-state index contributed by atoms with van der Waals surface area (Å²) in [5, 5.41) is 0. The predicted molar refractivity (Wildman–Crippen MR) is 86.0 cm³/mol. The normalized spacial score (nSPS) is 11.4. The van der Waals surface area contributed by atoms with Gasteiger partial charge < -0.3 is 4.74 Å². The molecule has 1 aromatic carbocycles. The fourth-order valence-corrected chi connectivity index (χ4v) is 1.79. The van der Waals surface area contributed by atoms with E-state index in [-0.39, 0.29) is 6.10 Å². The minimum absolute atomic E-state index is 0.0692. The van der Waals surface area contributed by atoms with E-state index in [0.717, 1.165) is 6.42 Å². The lowest BCUT2D eigenvalue weighted by atomic mass is 10.2. The van der Waals surface area contributed by atoms with E-state index in [4.69, 9.17) is 4.74 Å². The molecule has 6 nitrogen and oxygen atoms in total. The highest BCUT2D eigenvalue weighted by Crippen LogP contribution is 2.15. The third-order valence-corrected chi connectivity index (χ3v) is 3.24. The van der Waals surface area contributed by atoms with Crippen LogP contribution < -0.4 is 15.6 Å². The molecule has 0 aliphatic rings. The number of rotatable bonds is 5. The molecule has 0 fully saturated rings. The summed E-state index contributed by atoms with van der Waals surface area (Å²) >= 11 is 0. The summed E-state index contributed by atoms with van der Waals surface area (Å²) in [4.78, 5) is 27.8. The van der Waals surface area contributed by atoms with E-state index in [1.807, 2.05) is 13.8 Å². The highest BCUT2D eigenvalue weighted by Gasteiger charge is 2.10. The Bertz CT molecular complexity index is 674. The van der Waals surface area contributed by atoms with Gasteiger partial charge in [0.1, 0.15) is 5.75 Å². The summed E-state index contributed by atoms with van der Waals surface area (Å²) in [6.07, 6.45) is 3.96. The van der Waals surface area contributed by atoms with E-state index in [1.54, 1.807) is 36.4 Å². The minimum Gasteiger partial charge on any atom is -0.491 e. The number of nitrogens with zero attached hydrogens (tertiary/aromatic N) is 1. The Morgan fingerprint density at radius 2 is 1.74 bits per heavy atom. The molecule has 23 heavy (non-hydrogen) atoms. The Balaban J connectivity index is 1.95. The van der Waals surface area contributed by atoms with Crippen LogP contribution in [0, 0.1) is 0 Å². The van der Waals surface area contributed by atoms with Gasteiger partial charge in [-0.3, -0.25) is 25.4 Å². The zero-order valence-electron chi connectivity index (χ0n) is 13.1. The van der Waals surface area contributed by atoms with Crippen molar-refractivity contribution in [3.8, 4) is 5.75 Å². The number of benzene rings is 1. The molecule has 0 bridgehead atoms. The van der Waals surface area contributed by atoms with Crippen molar-refractivity contribution in [3.63, 3.8) is 0 Å². The van der Waals surface area contributed by atoms with Crippen molar-refractivity contribution in [1.82, 2.24) is 15.8 Å². The number of hydrazine groups is 1. The van der Waals surface area contributed by atoms with Crippen LogP contribution in [0.3, 0.4) is 0 Å². The van der Waals surface area contributed by atoms with Crippen LogP contribution in [0.2, 0.25) is 0 Å². The summed E-state index contributed by atoms with van der Waals surface area (Å²) in [6, 6.07) is 9.93. The van der Waals surface area contributed by atoms with Crippen LogP contribution in [0.4, 0.5) is 0 Å². The summed E-state index contributed by atoms with van der Waals surface area (Å²) in [6.45, 7) is 3.98. The number of carbonyl (C=O) groups is 2. The van der Waals surface area contributed by atoms with Gasteiger partial charge in [-0.1, -0.05) is 13.0 Å². The maximum atomic E-state index is 12.1. The lowest BCUT2D eigenvalue weighted by Crippen LogP contribution is -2.41. The largest absolute Gasteiger partial charge is 0.491 e. The SMILES string of the molecule is CCC(C)Oc1cccc(C(=O)NNC(=O)c2ccncc2)c1. The molecule has 1 atom stereocenters. The van der Waals surface area contributed by atoms with E-state index in [2.05, 4.69) is 15.8 Å². The molecular formula is C17H19N3O3. The summed E-state index contributed by atoms with van der Waals surface area (Å²) in [5.41, 5.74) is 5.55. The van der Waals surface area contributed by atoms with Crippen molar-refractivity contribution in [2.75, 3.05) is 0 Å². The smallest absolute Gasteiger partial charge is 0.269 e. The molecule has 0 spiro atoms. The van der Waals surface area contributed by atoms with Crippen LogP contribution >= 0.6 is 0 Å². The lowest BCUT2D eigenvalue weighted by Gasteiger charge is -2.13. The van der Waals surface area contributed by atoms with Crippen molar-refractivity contribution >= 4 is 11.8 Å². The third kappa shape index (κ3) is 4.81. The topological polar surface area (TPSA) is 80.3 Å². The molecular weight excluding hydrogens is 294 g/mol. The standard InChI is InChI=1S/C17H19N3O3/c1-3-12(2)23-15-6-4-5-14(11-15)17(22)20-19-16(21)13-7-9-18-10-8-13/h4-12H,3H2,1-2H3,(H,19,21)(H,20,22). The lowest BCUT2D eigenvalue weighted by molar-refractivity contribution is 0.0846. The second-order valence-electron chi connectivity index (χ2n) is 5.01. The van der Waals surface area contributed by atoms with E-state index in [0.29, 0.717) is 16.9 Å². The van der Waals surface area contributed by atoms with Gasteiger partial charge in [-0.15, -0.1) is 0 Å². The van der Waals surface area contributed by atoms with Gasteiger partial charge in [-0.05, 0) is 43.7 Å². The summed E-state index contributed by atoms with van der Waals surface area (Å²) in [5.74, 6) is -0.206. The van der Waals surface area contributed by atoms with Crippen LogP contribution in [0.25, 0.3) is 0 Å². The number of hydrogen-bond donors (Lipinski definition) is 2. The molecule has 0 radical (unpaired) electrons. The molecule has 0 saturated carbocycles. The molecule has 2 N–H and O–H groups in total. The van der Waals surface area contributed by atoms with Crippen molar-refractivity contribution in [1.29, 1.82) is 0 Å². The van der Waals surface area contributed by atoms with E-state index >= 15 is 0 Å². The zero-order valence-corrected chi connectivity index (χ0v) is 13.1. The van der Waals surface area contributed by atoms with Crippen LogP contribution in [0.1, 0.15) is 41.0 Å². The Morgan fingerprint density at radius 3 is 2.39 bits per heavy atom. The van der Waals surface area contributed by atoms with E-state index < -0.39 is 11.8 Å². The molecule has 0 aliphatic heterocycles. The van der Waals surface area contributed by atoms with Gasteiger partial charge in [-0.25, -0.2) is 0 Å². The second-order valence-corrected chi connectivity index (χ2v) is 5.01. The maximum Gasteiger partial charge on any atom is 0.269 e. The van der Waals surface area contributed by atoms with Gasteiger partial charge in [-0.2, -0.15) is 0 Å². The van der Waals surface area contributed by atoms with Crippen LogP contribution in [-0.2, 0) is 0 Å². The number of amides is 2. The van der Waals surface area contributed by atoms with Crippen molar-refractivity contribution in [2.24, 2.45) is 0 Å². The van der Waals surface area contributed by atoms with Gasteiger partial charge >= 0.3 is 0 Å². The predicted octanol–water partition coefficient (Wildman–Crippen LogP) is 2.33. The molecule has 0 saturated heterocycles. The molecule has 1 unspecified atom stereocenters. The van der Waals surface area contributed by atoms with Crippen LogP contribution in [0.15, 0.2) is 48.8 Å². The second kappa shape index (κ2) is 7.93. The highest BCUT2D eigenvalue weighted by molar-refractivity contribution is 5.99. The third-order valence-electron chi connectivity index (χ3n) is 3.24. The Hall–Kier alpha value is -2.89. The fourth-order valence-electron chi connectivity index (χ4n) is 1.79. The molecule has 6 heteroatoms. The molecule has 0 aliphatic carbocycles. The van der Waals surface area contributed by atoms with Crippen molar-refractivity contribution < 1.29 is 14.3 Å². The van der Waals surface area contributed by atoms with Crippen molar-refractivity contribution in [3.05, 3.63) is 59.9 Å². The maximum absolute atomic E-state index is 12.1. The van der Waals surface area contributed by atoms with Gasteiger partial charge in [0.25, 0.3) is 11.8 Å². The Morgan fingerprint density at radius 1 is 1.09 bits per heavy atom. The highest BCUT2D eigenvalue weighted by atomic mass is 16.5. The van der Waals surface area contributed by atoms with Gasteiger partial charge in [0, 0.05) is 23.5 Å². The van der Waals surface area contributed by atoms with Gasteiger partial charge in [0.05, 0.1) is 6.10 Å².